The van der Waals surface area contributed by atoms with E-state index in [0.29, 0.717) is 45.2 Å². The van der Waals surface area contributed by atoms with Crippen molar-refractivity contribution in [2.24, 2.45) is 5.41 Å². The molecule has 64 heavy (non-hydrogen) atoms. The molecule has 2 aliphatic carbocycles. The topological polar surface area (TPSA) is 168 Å². The van der Waals surface area contributed by atoms with Crippen LogP contribution in [-0.2, 0) is 0 Å². The number of fused-ring (bicyclic) bond motifs is 2. The van der Waals surface area contributed by atoms with E-state index in [1.54, 1.807) is 33.6 Å². The number of nitrogens with one attached hydrogen (secondary N) is 2. The van der Waals surface area contributed by atoms with Crippen LogP contribution < -0.4 is 10.6 Å². The summed E-state index contributed by atoms with van der Waals surface area (Å²) in [4.78, 5) is 9.78. The van der Waals surface area contributed by atoms with Crippen molar-refractivity contribution in [3.05, 3.63) is 120 Å². The van der Waals surface area contributed by atoms with E-state index in [9.17, 15) is 19.3 Å². The second kappa shape index (κ2) is 15.7. The highest BCUT2D eigenvalue weighted by Gasteiger charge is 2.50. The van der Waals surface area contributed by atoms with Gasteiger partial charge in [0.25, 0.3) is 0 Å². The number of hydrogen-bond donors (Lipinski definition) is 2. The zero-order valence-corrected chi connectivity index (χ0v) is 36.5. The van der Waals surface area contributed by atoms with Crippen molar-refractivity contribution >= 4 is 34.6 Å². The van der Waals surface area contributed by atoms with E-state index in [1.807, 2.05) is 36.9 Å². The molecule has 2 spiro atoms. The van der Waals surface area contributed by atoms with Crippen LogP contribution in [0.25, 0.3) is 33.3 Å². The van der Waals surface area contributed by atoms with E-state index in [1.165, 1.54) is 54.5 Å². The van der Waals surface area contributed by atoms with Crippen LogP contribution in [-0.4, -0.2) is 73.9 Å². The molecule has 0 bridgehead atoms. The molecule has 4 fully saturated rings. The molecule has 0 amide bonds. The van der Waals surface area contributed by atoms with Crippen molar-refractivity contribution < 1.29 is 8.78 Å². The maximum absolute atomic E-state index is 14.3. The van der Waals surface area contributed by atoms with Gasteiger partial charge in [-0.1, -0.05) is 23.5 Å². The number of rotatable bonds is 8. The second-order valence-electron chi connectivity index (χ2n) is 17.3. The van der Waals surface area contributed by atoms with E-state index in [0.717, 1.165) is 88.8 Å². The van der Waals surface area contributed by atoms with Gasteiger partial charge in [0.15, 0.2) is 11.6 Å². The van der Waals surface area contributed by atoms with E-state index >= 15 is 0 Å². The first-order chi connectivity index (χ1) is 31.1. The van der Waals surface area contributed by atoms with Crippen molar-refractivity contribution in [2.45, 2.75) is 83.4 Å². The normalized spacial score (nSPS) is 18.1. The van der Waals surface area contributed by atoms with Crippen LogP contribution in [0.5, 0.6) is 0 Å². The number of nitrogens with zero attached hydrogens (tertiary/aromatic N) is 12. The van der Waals surface area contributed by atoms with Crippen LogP contribution in [0, 0.1) is 53.6 Å². The minimum Gasteiger partial charge on any atom is -0.316 e. The standard InChI is InChI=1S/2C23H20FN7S/c1-14-18(12-29-31(14)17-8-23(9-17)4-6-27-23)15-7-20(32-22-19(24)3-2-5-26-22)21-16(10-25)11-28-30(21)13-15;1-14-18(10-29-31(14)17-6-23(7-17)12-26-13-23)15-5-20(32-22-19(24)3-2-4-27-22)21-16(8-25)9-28-30(21)11-15/h2-3,5,7,11-13,17,27H,4,6,8-9H2,1H3;2-5,9-11,17,26H,6-7,12-13H2,1H3. The molecule has 2 N–H and O–H groups in total. The van der Waals surface area contributed by atoms with Crippen molar-refractivity contribution in [1.29, 1.82) is 10.5 Å². The lowest BCUT2D eigenvalue weighted by molar-refractivity contribution is 0.00155. The van der Waals surface area contributed by atoms with Crippen LogP contribution in [0.1, 0.15) is 66.7 Å². The molecule has 0 unspecified atom stereocenters. The summed E-state index contributed by atoms with van der Waals surface area (Å²) in [6, 6.07) is 15.0. The maximum atomic E-state index is 14.3. The van der Waals surface area contributed by atoms with Crippen LogP contribution in [0.2, 0.25) is 0 Å². The molecule has 14 nitrogen and oxygen atoms in total. The van der Waals surface area contributed by atoms with Gasteiger partial charge in [0.1, 0.15) is 22.2 Å². The average Bonchev–Trinajstić information content (AvgIpc) is 4.03. The zero-order chi connectivity index (χ0) is 43.7. The summed E-state index contributed by atoms with van der Waals surface area (Å²) in [6.07, 6.45) is 19.6. The van der Waals surface area contributed by atoms with Gasteiger partial charge in [0, 0.05) is 86.8 Å². The van der Waals surface area contributed by atoms with Crippen molar-refractivity contribution in [3.8, 4) is 34.4 Å². The molecule has 2 aliphatic heterocycles. The molecule has 4 aliphatic rings. The average molecular weight is 891 g/mol. The fourth-order valence-corrected chi connectivity index (χ4v) is 11.7. The highest BCUT2D eigenvalue weighted by atomic mass is 32.2. The lowest BCUT2D eigenvalue weighted by atomic mass is 9.61. The third kappa shape index (κ3) is 6.83. The summed E-state index contributed by atoms with van der Waals surface area (Å²) in [5, 5.41) is 44.7. The van der Waals surface area contributed by atoms with Gasteiger partial charge in [-0.05, 0) is 94.3 Å². The molecule has 0 aromatic carbocycles. The van der Waals surface area contributed by atoms with Gasteiger partial charge in [-0.2, -0.15) is 30.9 Å². The van der Waals surface area contributed by atoms with Gasteiger partial charge in [-0.15, -0.1) is 0 Å². The Morgan fingerprint density at radius 3 is 1.59 bits per heavy atom. The van der Waals surface area contributed by atoms with E-state index in [-0.39, 0.29) is 10.1 Å². The molecular formula is C46H40F2N14S2. The quantitative estimate of drug-likeness (QED) is 0.151. The Bertz CT molecular complexity index is 2990. The molecule has 12 rings (SSSR count). The van der Waals surface area contributed by atoms with Crippen molar-refractivity contribution in [1.82, 2.24) is 59.4 Å². The molecule has 0 radical (unpaired) electrons. The fourth-order valence-electron chi connectivity index (χ4n) is 9.76. The maximum Gasteiger partial charge on any atom is 0.155 e. The fraction of sp³-hybridized carbons (Fsp3) is 0.304. The van der Waals surface area contributed by atoms with E-state index < -0.39 is 11.6 Å². The molecular weight excluding hydrogens is 851 g/mol. The third-order valence-electron chi connectivity index (χ3n) is 13.4. The summed E-state index contributed by atoms with van der Waals surface area (Å²) < 4.78 is 36.3. The number of pyridine rings is 4. The Balaban J connectivity index is 0.000000143. The smallest absolute Gasteiger partial charge is 0.155 e. The first-order valence-corrected chi connectivity index (χ1v) is 22.7. The predicted molar refractivity (Wildman–Crippen MR) is 236 cm³/mol. The monoisotopic (exact) mass is 890 g/mol. The lowest BCUT2D eigenvalue weighted by Gasteiger charge is -2.54. The summed E-state index contributed by atoms with van der Waals surface area (Å²) in [5.74, 6) is -0.793. The lowest BCUT2D eigenvalue weighted by Crippen LogP contribution is -2.64. The van der Waals surface area contributed by atoms with Crippen molar-refractivity contribution in [3.63, 3.8) is 0 Å². The Hall–Kier alpha value is -6.44. The number of aromatic nitrogens is 10. The SMILES string of the molecule is Cc1c(-c2cc(Sc3ncccc3F)c3c(C#N)cnn3c2)cnn1C1CC2(CCN2)C1.Cc1c(-c2cc(Sc3ncccc3F)c3c(C#N)cnn3c2)cnn1C1CC2(CNC2)C1. The Morgan fingerprint density at radius 1 is 0.703 bits per heavy atom. The number of nitriles is 2. The highest BCUT2D eigenvalue weighted by molar-refractivity contribution is 7.99. The molecule has 320 valence electrons. The van der Waals surface area contributed by atoms with Gasteiger partial charge in [0.05, 0.1) is 59.0 Å². The van der Waals surface area contributed by atoms with Crippen LogP contribution in [0.4, 0.5) is 8.78 Å². The van der Waals surface area contributed by atoms with E-state index in [4.69, 9.17) is 10.2 Å². The van der Waals surface area contributed by atoms with Crippen LogP contribution >= 0.6 is 23.5 Å². The molecule has 8 aromatic heterocycles. The number of hydrogen-bond acceptors (Lipinski definition) is 12. The highest BCUT2D eigenvalue weighted by Crippen LogP contribution is 2.52. The molecule has 2 saturated heterocycles. The molecule has 8 aromatic rings. The number of halogens is 2. The third-order valence-corrected chi connectivity index (χ3v) is 15.4. The minimum absolute atomic E-state index is 0.261. The van der Waals surface area contributed by atoms with E-state index in [2.05, 4.69) is 66.1 Å². The summed E-state index contributed by atoms with van der Waals surface area (Å²) in [6.45, 7) is 7.51. The van der Waals surface area contributed by atoms with Gasteiger partial charge >= 0.3 is 0 Å². The Labute approximate surface area is 374 Å². The van der Waals surface area contributed by atoms with Gasteiger partial charge in [-0.25, -0.2) is 27.8 Å². The molecule has 0 atom stereocenters. The molecule has 2 saturated carbocycles. The second-order valence-corrected chi connectivity index (χ2v) is 19.3. The summed E-state index contributed by atoms with van der Waals surface area (Å²) in [7, 11) is 0. The zero-order valence-electron chi connectivity index (χ0n) is 34.8. The van der Waals surface area contributed by atoms with Gasteiger partial charge in [-0.3, -0.25) is 9.36 Å². The largest absolute Gasteiger partial charge is 0.316 e. The van der Waals surface area contributed by atoms with Crippen molar-refractivity contribution in [2.75, 3.05) is 19.6 Å². The summed E-state index contributed by atoms with van der Waals surface area (Å²) >= 11 is 2.40. The van der Waals surface area contributed by atoms with Crippen LogP contribution in [0.15, 0.2) is 106 Å². The Kier molecular flexibility index (Phi) is 9.88. The van der Waals surface area contributed by atoms with Gasteiger partial charge in [0.2, 0.25) is 0 Å². The predicted octanol–water partition coefficient (Wildman–Crippen LogP) is 8.12. The first-order valence-electron chi connectivity index (χ1n) is 21.1. The van der Waals surface area contributed by atoms with Crippen LogP contribution in [0.3, 0.4) is 0 Å². The molecule has 10 heterocycles. The van der Waals surface area contributed by atoms with Gasteiger partial charge < -0.3 is 10.6 Å². The summed E-state index contributed by atoms with van der Waals surface area (Å²) in [5.41, 5.74) is 9.04. The first kappa shape index (κ1) is 40.3. The minimum atomic E-state index is -0.397. The molecule has 18 heteroatoms. The Morgan fingerprint density at radius 2 is 1.19 bits per heavy atom.